The van der Waals surface area contributed by atoms with Crippen molar-refractivity contribution in [3.05, 3.63) is 58.1 Å². The number of fused-ring (bicyclic) bond motifs is 1. The first-order valence-corrected chi connectivity index (χ1v) is 9.19. The Labute approximate surface area is 156 Å². The maximum absolute atomic E-state index is 10.1. The molecular weight excluding hydrogens is 357 g/mol. The van der Waals surface area contributed by atoms with Gasteiger partial charge in [0.2, 0.25) is 5.95 Å². The number of para-hydroxylation sites is 2. The zero-order valence-electron chi connectivity index (χ0n) is 13.7. The Morgan fingerprint density at radius 3 is 2.84 bits per heavy atom. The molecule has 4 nitrogen and oxygen atoms in total. The molecule has 6 heteroatoms. The predicted molar refractivity (Wildman–Crippen MR) is 103 cm³/mol. The second-order valence-electron chi connectivity index (χ2n) is 6.46. The van der Waals surface area contributed by atoms with Crippen molar-refractivity contribution in [2.24, 2.45) is 0 Å². The van der Waals surface area contributed by atoms with Gasteiger partial charge in [0.25, 0.3) is 0 Å². The Morgan fingerprint density at radius 1 is 1.16 bits per heavy atom. The van der Waals surface area contributed by atoms with Crippen LogP contribution in [0.1, 0.15) is 18.4 Å². The fourth-order valence-corrected chi connectivity index (χ4v) is 3.80. The van der Waals surface area contributed by atoms with Gasteiger partial charge in [-0.15, -0.1) is 0 Å². The summed E-state index contributed by atoms with van der Waals surface area (Å²) in [5.41, 5.74) is 2.94. The molecule has 0 unspecified atom stereocenters. The minimum absolute atomic E-state index is 0.309. The number of aliphatic hydroxyl groups excluding tert-OH is 1. The fraction of sp³-hybridized carbons (Fsp3) is 0.316. The zero-order chi connectivity index (χ0) is 17.4. The van der Waals surface area contributed by atoms with Gasteiger partial charge in [-0.05, 0) is 48.7 Å². The first kappa shape index (κ1) is 16.7. The van der Waals surface area contributed by atoms with Crippen LogP contribution in [0.4, 0.5) is 5.95 Å². The van der Waals surface area contributed by atoms with Crippen molar-refractivity contribution >= 4 is 40.2 Å². The monoisotopic (exact) mass is 375 g/mol. The van der Waals surface area contributed by atoms with Crippen molar-refractivity contribution in [1.82, 2.24) is 9.55 Å². The summed E-state index contributed by atoms with van der Waals surface area (Å²) in [6.45, 7) is 2.08. The first-order valence-electron chi connectivity index (χ1n) is 8.44. The number of anilines is 1. The van der Waals surface area contributed by atoms with Crippen LogP contribution in [0.25, 0.3) is 11.0 Å². The van der Waals surface area contributed by atoms with E-state index in [-0.39, 0.29) is 6.10 Å². The largest absolute Gasteiger partial charge is 0.391 e. The van der Waals surface area contributed by atoms with Crippen molar-refractivity contribution < 1.29 is 5.11 Å². The maximum Gasteiger partial charge on any atom is 0.206 e. The molecule has 25 heavy (non-hydrogen) atoms. The molecule has 130 valence electrons. The number of rotatable bonds is 3. The number of hydrogen-bond acceptors (Lipinski definition) is 3. The van der Waals surface area contributed by atoms with Crippen molar-refractivity contribution in [2.75, 3.05) is 18.0 Å². The molecule has 0 bridgehead atoms. The van der Waals surface area contributed by atoms with Crippen molar-refractivity contribution in [3.63, 3.8) is 0 Å². The maximum atomic E-state index is 10.1. The smallest absolute Gasteiger partial charge is 0.206 e. The average molecular weight is 376 g/mol. The van der Waals surface area contributed by atoms with Crippen LogP contribution in [0.2, 0.25) is 10.0 Å². The van der Waals surface area contributed by atoms with Gasteiger partial charge >= 0.3 is 0 Å². The molecule has 2 heterocycles. The zero-order valence-corrected chi connectivity index (χ0v) is 15.2. The van der Waals surface area contributed by atoms with Gasteiger partial charge < -0.3 is 14.6 Å². The van der Waals surface area contributed by atoms with Crippen LogP contribution in [0.5, 0.6) is 0 Å². The number of aromatic nitrogens is 2. The van der Waals surface area contributed by atoms with Crippen molar-refractivity contribution in [3.8, 4) is 0 Å². The summed E-state index contributed by atoms with van der Waals surface area (Å²) in [7, 11) is 0. The van der Waals surface area contributed by atoms with Crippen molar-refractivity contribution in [1.29, 1.82) is 0 Å². The number of aliphatic hydroxyl groups is 1. The Kier molecular flexibility index (Phi) is 4.59. The van der Waals surface area contributed by atoms with Crippen LogP contribution >= 0.6 is 23.2 Å². The number of β-amino-alcohol motifs (C(OH)–C–C–N with tert-alkyl or cyclic N) is 1. The standard InChI is InChI=1S/C19H19Cl2N3O/c20-14-7-8-16(21)13(10-14)11-24-18-6-2-1-5-17(18)22-19(24)23-9-3-4-15(25)12-23/h1-2,5-8,10,15,25H,3-4,9,11-12H2/t15-/m1/s1. The van der Waals surface area contributed by atoms with E-state index in [1.54, 1.807) is 6.07 Å². The molecule has 1 aliphatic rings. The van der Waals surface area contributed by atoms with Gasteiger partial charge in [-0.2, -0.15) is 0 Å². The molecule has 2 aromatic carbocycles. The molecule has 0 saturated carbocycles. The Morgan fingerprint density at radius 2 is 2.00 bits per heavy atom. The summed E-state index contributed by atoms with van der Waals surface area (Å²) in [5.74, 6) is 0.871. The molecule has 0 amide bonds. The van der Waals surface area contributed by atoms with E-state index in [4.69, 9.17) is 28.2 Å². The normalized spacial score (nSPS) is 18.0. The third-order valence-corrected chi connectivity index (χ3v) is 5.25. The second kappa shape index (κ2) is 6.87. The molecule has 4 rings (SSSR count). The lowest BCUT2D eigenvalue weighted by atomic mass is 10.1. The van der Waals surface area contributed by atoms with Gasteiger partial charge in [-0.1, -0.05) is 35.3 Å². The van der Waals surface area contributed by atoms with Gasteiger partial charge in [0.05, 0.1) is 23.7 Å². The molecule has 1 N–H and O–H groups in total. The van der Waals surface area contributed by atoms with Gasteiger partial charge in [0.15, 0.2) is 0 Å². The van der Waals surface area contributed by atoms with E-state index in [1.807, 2.05) is 30.3 Å². The third-order valence-electron chi connectivity index (χ3n) is 4.65. The van der Waals surface area contributed by atoms with Gasteiger partial charge in [0.1, 0.15) is 0 Å². The number of halogens is 2. The Bertz CT molecular complexity index is 909. The first-order chi connectivity index (χ1) is 12.1. The van der Waals surface area contributed by atoms with Crippen molar-refractivity contribution in [2.45, 2.75) is 25.5 Å². The summed E-state index contributed by atoms with van der Waals surface area (Å²) in [6, 6.07) is 13.6. The van der Waals surface area contributed by atoms with E-state index in [1.165, 1.54) is 0 Å². The lowest BCUT2D eigenvalue weighted by molar-refractivity contribution is 0.153. The number of hydrogen-bond donors (Lipinski definition) is 1. The second-order valence-corrected chi connectivity index (χ2v) is 7.31. The van der Waals surface area contributed by atoms with Gasteiger partial charge in [-0.25, -0.2) is 4.98 Å². The van der Waals surface area contributed by atoms with E-state index in [0.717, 1.165) is 41.9 Å². The van der Waals surface area contributed by atoms with Crippen LogP contribution in [0, 0.1) is 0 Å². The summed E-state index contributed by atoms with van der Waals surface area (Å²) >= 11 is 12.5. The van der Waals surface area contributed by atoms with Gasteiger partial charge in [-0.3, -0.25) is 0 Å². The Balaban J connectivity index is 1.80. The van der Waals surface area contributed by atoms with Crippen LogP contribution in [0.3, 0.4) is 0 Å². The molecule has 3 aromatic rings. The fourth-order valence-electron chi connectivity index (χ4n) is 3.43. The minimum atomic E-state index is -0.309. The van der Waals surface area contributed by atoms with E-state index in [9.17, 15) is 5.11 Å². The van der Waals surface area contributed by atoms with E-state index in [0.29, 0.717) is 23.1 Å². The number of piperidine rings is 1. The summed E-state index contributed by atoms with van der Waals surface area (Å²) < 4.78 is 2.16. The molecule has 0 aliphatic carbocycles. The molecular formula is C19H19Cl2N3O. The highest BCUT2D eigenvalue weighted by Crippen LogP contribution is 2.29. The highest BCUT2D eigenvalue weighted by molar-refractivity contribution is 6.33. The minimum Gasteiger partial charge on any atom is -0.391 e. The predicted octanol–water partition coefficient (Wildman–Crippen LogP) is 4.35. The topological polar surface area (TPSA) is 41.3 Å². The molecule has 1 fully saturated rings. The quantitative estimate of drug-likeness (QED) is 0.739. The summed E-state index contributed by atoms with van der Waals surface area (Å²) in [4.78, 5) is 6.98. The highest BCUT2D eigenvalue weighted by atomic mass is 35.5. The van der Waals surface area contributed by atoms with E-state index >= 15 is 0 Å². The summed E-state index contributed by atoms with van der Waals surface area (Å²) in [5, 5.41) is 11.4. The third kappa shape index (κ3) is 3.34. The number of benzene rings is 2. The van der Waals surface area contributed by atoms with Crippen LogP contribution in [-0.2, 0) is 6.54 Å². The molecule has 1 atom stereocenters. The lowest BCUT2D eigenvalue weighted by Crippen LogP contribution is -2.39. The highest BCUT2D eigenvalue weighted by Gasteiger charge is 2.23. The van der Waals surface area contributed by atoms with E-state index < -0.39 is 0 Å². The molecule has 1 aromatic heterocycles. The van der Waals surface area contributed by atoms with Crippen LogP contribution in [-0.4, -0.2) is 33.9 Å². The molecule has 0 radical (unpaired) electrons. The van der Waals surface area contributed by atoms with E-state index in [2.05, 4.69) is 15.5 Å². The number of nitrogens with zero attached hydrogens (tertiary/aromatic N) is 3. The Hall–Kier alpha value is -1.75. The molecule has 0 spiro atoms. The molecule has 1 saturated heterocycles. The number of imidazole rings is 1. The lowest BCUT2D eigenvalue weighted by Gasteiger charge is -2.31. The molecule has 1 aliphatic heterocycles. The summed E-state index contributed by atoms with van der Waals surface area (Å²) in [6.07, 6.45) is 1.50. The van der Waals surface area contributed by atoms with Gasteiger partial charge in [0, 0.05) is 23.1 Å². The SMILES string of the molecule is O[C@@H]1CCCN(c2nc3ccccc3n2Cc2cc(Cl)ccc2Cl)C1. The average Bonchev–Trinajstić information content (AvgIpc) is 2.97. The van der Waals surface area contributed by atoms with Crippen LogP contribution in [0.15, 0.2) is 42.5 Å². The van der Waals surface area contributed by atoms with Crippen LogP contribution < -0.4 is 4.90 Å².